The Morgan fingerprint density at radius 2 is 1.79 bits per heavy atom. The molecule has 1 aromatic carbocycles. The lowest BCUT2D eigenvalue weighted by molar-refractivity contribution is -0.122. The first kappa shape index (κ1) is 20.5. The highest BCUT2D eigenvalue weighted by atomic mass is 32.2. The number of aromatic nitrogens is 2. The van der Waals surface area contributed by atoms with Crippen LogP contribution in [0, 0.1) is 13.8 Å². The molecule has 1 saturated heterocycles. The summed E-state index contributed by atoms with van der Waals surface area (Å²) >= 11 is 0. The molecule has 0 bridgehead atoms. The molecule has 8 heteroatoms. The average molecular weight is 405 g/mol. The molecule has 2 heterocycles. The van der Waals surface area contributed by atoms with Gasteiger partial charge in [-0.1, -0.05) is 36.8 Å². The molecule has 1 N–H and O–H groups in total. The SMILES string of the molecule is Cc1nn(CC(=O)N[C@H](C)c2ccccc2)c(C)c1S(=O)(=O)N1CCCCC1. The average Bonchev–Trinajstić information content (AvgIpc) is 2.96. The highest BCUT2D eigenvalue weighted by Crippen LogP contribution is 2.26. The molecule has 152 valence electrons. The number of nitrogens with one attached hydrogen (secondary N) is 1. The van der Waals surface area contributed by atoms with E-state index in [0.717, 1.165) is 24.8 Å². The molecule has 1 aliphatic heterocycles. The fourth-order valence-corrected chi connectivity index (χ4v) is 5.58. The Bertz CT molecular complexity index is 932. The second-order valence-corrected chi connectivity index (χ2v) is 9.20. The first-order valence-corrected chi connectivity index (χ1v) is 11.1. The summed E-state index contributed by atoms with van der Waals surface area (Å²) in [6.07, 6.45) is 2.82. The van der Waals surface area contributed by atoms with Gasteiger partial charge in [0.25, 0.3) is 0 Å². The number of carbonyl (C=O) groups excluding carboxylic acids is 1. The third kappa shape index (κ3) is 4.28. The molecule has 0 unspecified atom stereocenters. The fraction of sp³-hybridized carbons (Fsp3) is 0.500. The molecule has 1 atom stereocenters. The van der Waals surface area contributed by atoms with E-state index in [1.165, 1.54) is 8.99 Å². The Morgan fingerprint density at radius 3 is 2.43 bits per heavy atom. The smallest absolute Gasteiger partial charge is 0.246 e. The van der Waals surface area contributed by atoms with Gasteiger partial charge in [0, 0.05) is 13.1 Å². The van der Waals surface area contributed by atoms with Crippen LogP contribution in [0.25, 0.3) is 0 Å². The van der Waals surface area contributed by atoms with Crippen molar-refractivity contribution in [1.29, 1.82) is 0 Å². The highest BCUT2D eigenvalue weighted by Gasteiger charge is 2.32. The molecule has 2 aromatic rings. The molecule has 0 radical (unpaired) electrons. The van der Waals surface area contributed by atoms with Crippen molar-refractivity contribution in [1.82, 2.24) is 19.4 Å². The fourth-order valence-electron chi connectivity index (χ4n) is 3.69. The van der Waals surface area contributed by atoms with Crippen LogP contribution in [0.4, 0.5) is 0 Å². The standard InChI is InChI=1S/C20H28N4O3S/c1-15(18-10-6-4-7-11-18)21-19(25)14-24-17(3)20(16(2)22-24)28(26,27)23-12-8-5-9-13-23/h4,6-7,10-11,15H,5,8-9,12-14H2,1-3H3,(H,21,25)/t15-/m1/s1. The van der Waals surface area contributed by atoms with Crippen LogP contribution >= 0.6 is 0 Å². The summed E-state index contributed by atoms with van der Waals surface area (Å²) in [6, 6.07) is 9.56. The predicted octanol–water partition coefficient (Wildman–Crippen LogP) is 2.55. The Hall–Kier alpha value is -2.19. The summed E-state index contributed by atoms with van der Waals surface area (Å²) in [4.78, 5) is 12.7. The zero-order valence-electron chi connectivity index (χ0n) is 16.7. The van der Waals surface area contributed by atoms with Gasteiger partial charge in [-0.05, 0) is 39.2 Å². The molecular weight excluding hydrogens is 376 g/mol. The van der Waals surface area contributed by atoms with E-state index in [1.807, 2.05) is 37.3 Å². The largest absolute Gasteiger partial charge is 0.348 e. The number of hydrogen-bond donors (Lipinski definition) is 1. The van der Waals surface area contributed by atoms with E-state index in [4.69, 9.17) is 0 Å². The summed E-state index contributed by atoms with van der Waals surface area (Å²) in [5.74, 6) is -0.205. The maximum atomic E-state index is 13.1. The quantitative estimate of drug-likeness (QED) is 0.802. The van der Waals surface area contributed by atoms with Crippen LogP contribution < -0.4 is 5.32 Å². The molecular formula is C20H28N4O3S. The van der Waals surface area contributed by atoms with Crippen molar-refractivity contribution < 1.29 is 13.2 Å². The number of benzene rings is 1. The van der Waals surface area contributed by atoms with Gasteiger partial charge in [0.15, 0.2) is 0 Å². The van der Waals surface area contributed by atoms with Gasteiger partial charge in [-0.15, -0.1) is 0 Å². The first-order chi connectivity index (χ1) is 13.3. The molecule has 3 rings (SSSR count). The van der Waals surface area contributed by atoms with Crippen molar-refractivity contribution in [2.75, 3.05) is 13.1 Å². The van der Waals surface area contributed by atoms with E-state index >= 15 is 0 Å². The lowest BCUT2D eigenvalue weighted by Gasteiger charge is -2.26. The van der Waals surface area contributed by atoms with Crippen molar-refractivity contribution in [3.05, 3.63) is 47.3 Å². The van der Waals surface area contributed by atoms with Crippen LogP contribution in [0.5, 0.6) is 0 Å². The summed E-state index contributed by atoms with van der Waals surface area (Å²) in [5.41, 5.74) is 1.95. The van der Waals surface area contributed by atoms with E-state index in [2.05, 4.69) is 10.4 Å². The van der Waals surface area contributed by atoms with Crippen molar-refractivity contribution in [3.63, 3.8) is 0 Å². The Morgan fingerprint density at radius 1 is 1.14 bits per heavy atom. The number of hydrogen-bond acceptors (Lipinski definition) is 4. The molecule has 0 spiro atoms. The topological polar surface area (TPSA) is 84.3 Å². The van der Waals surface area contributed by atoms with Crippen molar-refractivity contribution in [3.8, 4) is 0 Å². The van der Waals surface area contributed by atoms with E-state index in [9.17, 15) is 13.2 Å². The third-order valence-corrected chi connectivity index (χ3v) is 7.35. The van der Waals surface area contributed by atoms with Gasteiger partial charge in [0.2, 0.25) is 15.9 Å². The van der Waals surface area contributed by atoms with E-state index in [1.54, 1.807) is 13.8 Å². The second-order valence-electron chi connectivity index (χ2n) is 7.32. The number of amides is 1. The summed E-state index contributed by atoms with van der Waals surface area (Å²) in [5, 5.41) is 7.28. The minimum Gasteiger partial charge on any atom is -0.348 e. The molecule has 7 nitrogen and oxygen atoms in total. The van der Waals surface area contributed by atoms with Crippen LogP contribution in [0.2, 0.25) is 0 Å². The lowest BCUT2D eigenvalue weighted by Crippen LogP contribution is -2.36. The summed E-state index contributed by atoms with van der Waals surface area (Å²) in [7, 11) is -3.59. The van der Waals surface area contributed by atoms with Gasteiger partial charge in [-0.2, -0.15) is 9.40 Å². The highest BCUT2D eigenvalue weighted by molar-refractivity contribution is 7.89. The number of nitrogens with zero attached hydrogens (tertiary/aromatic N) is 3. The molecule has 1 aromatic heterocycles. The molecule has 0 saturated carbocycles. The molecule has 28 heavy (non-hydrogen) atoms. The van der Waals surface area contributed by atoms with Gasteiger partial charge in [0.05, 0.1) is 17.4 Å². The van der Waals surface area contributed by atoms with Gasteiger partial charge < -0.3 is 5.32 Å². The zero-order chi connectivity index (χ0) is 20.3. The second kappa shape index (κ2) is 8.45. The number of carbonyl (C=O) groups is 1. The van der Waals surface area contributed by atoms with Crippen molar-refractivity contribution >= 4 is 15.9 Å². The van der Waals surface area contributed by atoms with Gasteiger partial charge >= 0.3 is 0 Å². The van der Waals surface area contributed by atoms with Crippen LogP contribution in [0.1, 0.15) is 49.2 Å². The summed E-state index contributed by atoms with van der Waals surface area (Å²) < 4.78 is 29.1. The van der Waals surface area contributed by atoms with Crippen LogP contribution in [-0.2, 0) is 21.4 Å². The molecule has 0 aliphatic carbocycles. The van der Waals surface area contributed by atoms with Crippen LogP contribution in [-0.4, -0.2) is 41.5 Å². The number of piperidine rings is 1. The monoisotopic (exact) mass is 404 g/mol. The Kier molecular flexibility index (Phi) is 6.20. The Balaban J connectivity index is 1.75. The van der Waals surface area contributed by atoms with Crippen LogP contribution in [0.15, 0.2) is 35.2 Å². The molecule has 1 amide bonds. The number of sulfonamides is 1. The van der Waals surface area contributed by atoms with Crippen molar-refractivity contribution in [2.45, 2.75) is 57.5 Å². The van der Waals surface area contributed by atoms with Gasteiger partial charge in [0.1, 0.15) is 11.4 Å². The minimum absolute atomic E-state index is 0.0145. The van der Waals surface area contributed by atoms with E-state index in [0.29, 0.717) is 24.5 Å². The minimum atomic E-state index is -3.59. The van der Waals surface area contributed by atoms with Gasteiger partial charge in [-0.25, -0.2) is 8.42 Å². The van der Waals surface area contributed by atoms with Crippen LogP contribution in [0.3, 0.4) is 0 Å². The van der Waals surface area contributed by atoms with E-state index in [-0.39, 0.29) is 23.4 Å². The Labute approximate surface area is 166 Å². The maximum Gasteiger partial charge on any atom is 0.246 e. The first-order valence-electron chi connectivity index (χ1n) is 9.69. The number of aryl methyl sites for hydroxylation is 1. The number of rotatable bonds is 6. The lowest BCUT2D eigenvalue weighted by atomic mass is 10.1. The maximum absolute atomic E-state index is 13.1. The molecule has 1 aliphatic rings. The van der Waals surface area contributed by atoms with Crippen molar-refractivity contribution in [2.24, 2.45) is 0 Å². The summed E-state index contributed by atoms with van der Waals surface area (Å²) in [6.45, 7) is 6.39. The third-order valence-electron chi connectivity index (χ3n) is 5.20. The van der Waals surface area contributed by atoms with E-state index < -0.39 is 10.0 Å². The predicted molar refractivity (Wildman–Crippen MR) is 107 cm³/mol. The normalized spacial score (nSPS) is 16.7. The van der Waals surface area contributed by atoms with Gasteiger partial charge in [-0.3, -0.25) is 9.48 Å². The zero-order valence-corrected chi connectivity index (χ0v) is 17.5. The molecule has 1 fully saturated rings.